The zero-order chi connectivity index (χ0) is 89.4. The summed E-state index contributed by atoms with van der Waals surface area (Å²) in [6.07, 6.45) is 16.9. The molecule has 0 unspecified atom stereocenters. The van der Waals surface area contributed by atoms with E-state index in [0.29, 0.717) is 174 Å². The van der Waals surface area contributed by atoms with Gasteiger partial charge in [-0.25, -0.2) is 44.5 Å². The standard InChI is InChI=1S/C39H48N8O5.C33H38N8O3.C21H28ClN5O3/c1-24-22-44(37(50)52-38(2,3)4)12-13-45(24)27-8-9-33(41-21-27)43-30-16-26(20-42-35(30)51-7)28-10-11-40-34(29(28)23-48)47-15-14-46-31(36(47)49)17-25-18-39(5,6)19-32(25)46;1-20-16-34-8-9-39(20)23-4-5-29(36-18-23)38-26-12-22(17-37-31(26)43)24-6-7-35-30(25(24)19-42)41-11-10-40-27(32(41)44)13-21-14-33(2,3)15-28(21)40;1-14-13-26(20(28)30-21(2,3)4)8-9-27(14)16-6-7-18(23-12-16)25-17-10-15(22)11-24-19(17)29-5/h8-11,16-17,20-21,24,48H,12-15,18-19,22-23H2,1-7H3,(H,41,43);4-7,12-13,17-18,20,34,42H,8-11,14-16,19H2,1-3H3,(H,36,38)(H,37,43);6-7,10-12,14H,8-9,13H2,1-5H3,(H,23,25)/t24-;20-;14-/m000/s1. The molecular weight excluding hydrogens is 1620 g/mol. The number of rotatable bonds is 17. The third kappa shape index (κ3) is 19.4. The number of halogens is 1. The van der Waals surface area contributed by atoms with Gasteiger partial charge in [0.15, 0.2) is 0 Å². The molecule has 0 radical (unpaired) electrons. The number of aliphatic hydroxyl groups is 2. The van der Waals surface area contributed by atoms with Crippen molar-refractivity contribution >= 4 is 98.8 Å². The zero-order valence-electron chi connectivity index (χ0n) is 74.4. The zero-order valence-corrected chi connectivity index (χ0v) is 75.1. The minimum absolute atomic E-state index is 0.0766. The monoisotopic (exact) mass is 1740 g/mol. The van der Waals surface area contributed by atoms with E-state index in [9.17, 15) is 34.2 Å². The SMILES string of the molecule is COc1ncc(-c2ccnc(N3CCn4c(cc5c4CC(C)(C)C5)C3=O)c2CO)cc1Nc1ccc(N2CCN(C(=O)OC(C)(C)C)C[C@@H]2C)cn1.COc1ncc(Cl)cc1Nc1ccc(N2CCN(C(=O)OC(C)(C)C)C[C@@H]2C)cn1.C[C@H]1CNCCN1c1ccc(Nc2cc(-c3ccnc(N4CCn5c(cc6c5CC(C)(C)C6)C4=O)c3CO)c[nH]c2=O)nc1. The van der Waals surface area contributed by atoms with Crippen molar-refractivity contribution in [1.29, 1.82) is 0 Å². The number of carbonyl (C=O) groups is 4. The Kier molecular flexibility index (Phi) is 25.5. The molecular formula is C93H114ClN21O11. The van der Waals surface area contributed by atoms with Crippen molar-refractivity contribution in [3.8, 4) is 34.0 Å². The Hall–Kier alpha value is -12.4. The highest BCUT2D eigenvalue weighted by molar-refractivity contribution is 6.30. The molecule has 10 aromatic heterocycles. The second-order valence-corrected chi connectivity index (χ2v) is 37.2. The second-order valence-electron chi connectivity index (χ2n) is 36.8. The molecule has 3 atom stereocenters. The molecule has 32 nitrogen and oxygen atoms in total. The number of nitrogens with one attached hydrogen (secondary N) is 5. The molecule has 33 heteroatoms. The lowest BCUT2D eigenvalue weighted by molar-refractivity contribution is 0.0209. The average molecular weight is 1740 g/mol. The van der Waals surface area contributed by atoms with Crippen molar-refractivity contribution in [1.82, 2.24) is 64.1 Å². The topological polar surface area (TPSA) is 349 Å². The summed E-state index contributed by atoms with van der Waals surface area (Å²) in [4.78, 5) is 114. The lowest BCUT2D eigenvalue weighted by Crippen LogP contribution is -2.54. The molecule has 0 spiro atoms. The van der Waals surface area contributed by atoms with E-state index in [2.05, 4.69) is 133 Å². The fourth-order valence-electron chi connectivity index (χ4n) is 18.0. The van der Waals surface area contributed by atoms with Crippen LogP contribution in [0, 0.1) is 10.8 Å². The fourth-order valence-corrected chi connectivity index (χ4v) is 18.1. The van der Waals surface area contributed by atoms with E-state index in [4.69, 9.17) is 30.5 Å². The molecule has 5 aliphatic heterocycles. The van der Waals surface area contributed by atoms with Crippen molar-refractivity contribution in [3.63, 3.8) is 0 Å². The van der Waals surface area contributed by atoms with Gasteiger partial charge in [-0.1, -0.05) is 39.3 Å². The molecule has 4 amide bonds. The summed E-state index contributed by atoms with van der Waals surface area (Å²) in [5.41, 5.74) is 13.9. The number of hydrogen-bond acceptors (Lipinski definition) is 25. The van der Waals surface area contributed by atoms with Gasteiger partial charge in [0.25, 0.3) is 17.4 Å². The van der Waals surface area contributed by atoms with Gasteiger partial charge in [0.2, 0.25) is 11.8 Å². The highest BCUT2D eigenvalue weighted by Crippen LogP contribution is 2.44. The van der Waals surface area contributed by atoms with Crippen molar-refractivity contribution in [2.45, 2.75) is 171 Å². The molecule has 126 heavy (non-hydrogen) atoms. The van der Waals surface area contributed by atoms with Crippen molar-refractivity contribution in [2.75, 3.05) is 127 Å². The number of fused-ring (bicyclic) bond motifs is 6. The van der Waals surface area contributed by atoms with E-state index in [-0.39, 0.29) is 65.7 Å². The molecule has 7 N–H and O–H groups in total. The maximum atomic E-state index is 13.9. The Labute approximate surface area is 739 Å². The van der Waals surface area contributed by atoms with Crippen molar-refractivity contribution < 1.29 is 48.3 Å². The van der Waals surface area contributed by atoms with Crippen LogP contribution in [-0.4, -0.2) is 209 Å². The molecule has 2 aliphatic carbocycles. The van der Waals surface area contributed by atoms with Crippen LogP contribution in [0.4, 0.5) is 72.8 Å². The maximum Gasteiger partial charge on any atom is 0.410 e. The van der Waals surface area contributed by atoms with Gasteiger partial charge in [-0.2, -0.15) is 0 Å². The number of carbonyl (C=O) groups excluding carboxylic acids is 4. The van der Waals surface area contributed by atoms with E-state index in [1.54, 1.807) is 76.8 Å². The van der Waals surface area contributed by atoms with Crippen LogP contribution in [0.2, 0.25) is 5.02 Å². The van der Waals surface area contributed by atoms with Gasteiger partial charge < -0.3 is 89.0 Å². The molecule has 0 saturated carbocycles. The number of aromatic amines is 1. The summed E-state index contributed by atoms with van der Waals surface area (Å²) in [6.45, 7) is 34.7. The number of aromatic nitrogens is 10. The number of anilines is 11. The third-order valence-electron chi connectivity index (χ3n) is 23.8. The minimum atomic E-state index is -0.538. The van der Waals surface area contributed by atoms with Gasteiger partial charge >= 0.3 is 12.2 Å². The number of pyridine rings is 8. The van der Waals surface area contributed by atoms with Crippen molar-refractivity contribution in [2.24, 2.45) is 10.8 Å². The summed E-state index contributed by atoms with van der Waals surface area (Å²) in [5, 5.41) is 34.8. The van der Waals surface area contributed by atoms with E-state index in [1.165, 1.54) is 28.7 Å². The number of ether oxygens (including phenoxy) is 4. The summed E-state index contributed by atoms with van der Waals surface area (Å²) >= 11 is 6.03. The van der Waals surface area contributed by atoms with Crippen LogP contribution in [0.3, 0.4) is 0 Å². The Balaban J connectivity index is 0.000000151. The molecule has 7 aliphatic rings. The van der Waals surface area contributed by atoms with Gasteiger partial charge in [0.1, 0.15) is 68.7 Å². The summed E-state index contributed by atoms with van der Waals surface area (Å²) < 4.78 is 26.2. The van der Waals surface area contributed by atoms with Crippen LogP contribution in [0.15, 0.2) is 133 Å². The van der Waals surface area contributed by atoms with Crippen LogP contribution in [0.5, 0.6) is 11.8 Å². The van der Waals surface area contributed by atoms with Gasteiger partial charge in [0, 0.05) is 168 Å². The molecule has 0 aromatic carbocycles. The van der Waals surface area contributed by atoms with Crippen LogP contribution in [0.1, 0.15) is 145 Å². The van der Waals surface area contributed by atoms with E-state index >= 15 is 0 Å². The Morgan fingerprint density at radius 1 is 0.508 bits per heavy atom. The predicted octanol–water partition coefficient (Wildman–Crippen LogP) is 13.6. The molecule has 10 aromatic rings. The van der Waals surface area contributed by atoms with Crippen LogP contribution in [-0.2, 0) is 61.5 Å². The van der Waals surface area contributed by atoms with Gasteiger partial charge in [0.05, 0.1) is 68.1 Å². The Morgan fingerprint density at radius 2 is 0.944 bits per heavy atom. The first-order chi connectivity index (χ1) is 60.1. The molecule has 0 bridgehead atoms. The first-order valence-corrected chi connectivity index (χ1v) is 43.4. The lowest BCUT2D eigenvalue weighted by Gasteiger charge is -2.41. The summed E-state index contributed by atoms with van der Waals surface area (Å²) in [7, 11) is 3.11. The number of piperazine rings is 3. The quantitative estimate of drug-likeness (QED) is 0.0445. The van der Waals surface area contributed by atoms with Gasteiger partial charge in [-0.15, -0.1) is 0 Å². The number of hydrogen-bond donors (Lipinski definition) is 7. The minimum Gasteiger partial charge on any atom is -0.480 e. The van der Waals surface area contributed by atoms with Gasteiger partial charge in [-0.05, 0) is 200 Å². The molecule has 3 saturated heterocycles. The molecule has 17 rings (SSSR count). The van der Waals surface area contributed by atoms with E-state index in [0.717, 1.165) is 67.9 Å². The highest BCUT2D eigenvalue weighted by Gasteiger charge is 2.41. The van der Waals surface area contributed by atoms with Crippen LogP contribution in [0.25, 0.3) is 22.3 Å². The predicted molar refractivity (Wildman–Crippen MR) is 488 cm³/mol. The first-order valence-electron chi connectivity index (χ1n) is 43.0. The third-order valence-corrected chi connectivity index (χ3v) is 24.0. The number of nitrogens with zero attached hydrogens (tertiary/aromatic N) is 16. The highest BCUT2D eigenvalue weighted by atomic mass is 35.5. The van der Waals surface area contributed by atoms with E-state index < -0.39 is 11.2 Å². The van der Waals surface area contributed by atoms with Crippen molar-refractivity contribution in [3.05, 3.63) is 189 Å². The average Bonchev–Trinajstić information content (AvgIpc) is 1.58. The van der Waals surface area contributed by atoms with Gasteiger partial charge in [-0.3, -0.25) is 24.2 Å². The Bertz CT molecular complexity index is 5750. The summed E-state index contributed by atoms with van der Waals surface area (Å²) in [6, 6.07) is 25.3. The number of H-pyrrole nitrogens is 1. The largest absolute Gasteiger partial charge is 0.480 e. The summed E-state index contributed by atoms with van der Waals surface area (Å²) in [5.74, 6) is 3.27. The molecule has 15 heterocycles. The smallest absolute Gasteiger partial charge is 0.410 e. The van der Waals surface area contributed by atoms with E-state index in [1.807, 2.05) is 121 Å². The number of aliphatic hydroxyl groups excluding tert-OH is 2. The molecule has 3 fully saturated rings. The normalized spacial score (nSPS) is 18.3. The van der Waals surface area contributed by atoms with Crippen LogP contribution >= 0.6 is 11.6 Å². The number of amides is 4. The second kappa shape index (κ2) is 36.3. The first kappa shape index (κ1) is 88.5. The van der Waals surface area contributed by atoms with Crippen LogP contribution < -0.4 is 60.8 Å². The molecule has 664 valence electrons. The Morgan fingerprint density at radius 3 is 1.37 bits per heavy atom. The fraction of sp³-hybridized carbons (Fsp3) is 0.441. The number of methoxy groups -OCH3 is 2. The maximum absolute atomic E-state index is 13.9. The lowest BCUT2D eigenvalue weighted by atomic mass is 9.90.